The molecular weight excluding hydrogens is 212 g/mol. The van der Waals surface area contributed by atoms with Crippen molar-refractivity contribution < 1.29 is 5.11 Å². The highest BCUT2D eigenvalue weighted by molar-refractivity contribution is 5.05. The first kappa shape index (κ1) is 12.6. The average Bonchev–Trinajstić information content (AvgIpc) is 2.63. The molecule has 2 unspecified atom stereocenters. The maximum absolute atomic E-state index is 10.7. The van der Waals surface area contributed by atoms with Gasteiger partial charge in [0.2, 0.25) is 0 Å². The van der Waals surface area contributed by atoms with Crippen LogP contribution in [0.2, 0.25) is 0 Å². The van der Waals surface area contributed by atoms with Crippen LogP contribution in [-0.2, 0) is 13.5 Å². The van der Waals surface area contributed by atoms with Gasteiger partial charge in [0.25, 0.3) is 0 Å². The van der Waals surface area contributed by atoms with Crippen LogP contribution in [0.4, 0.5) is 0 Å². The van der Waals surface area contributed by atoms with Gasteiger partial charge in [-0.3, -0.25) is 4.68 Å². The molecule has 0 saturated heterocycles. The van der Waals surface area contributed by atoms with E-state index >= 15 is 0 Å². The molecule has 1 heterocycles. The Bertz CT molecular complexity index is 372. The minimum atomic E-state index is -0.526. The summed E-state index contributed by atoms with van der Waals surface area (Å²) in [5, 5.41) is 15.1. The third-order valence-electron chi connectivity index (χ3n) is 4.08. The van der Waals surface area contributed by atoms with E-state index in [2.05, 4.69) is 18.9 Å². The zero-order chi connectivity index (χ0) is 12.5. The molecule has 1 aromatic rings. The van der Waals surface area contributed by atoms with Gasteiger partial charge in [-0.2, -0.15) is 5.10 Å². The van der Waals surface area contributed by atoms with Crippen LogP contribution in [0.5, 0.6) is 0 Å². The normalized spacial score (nSPS) is 29.8. The Labute approximate surface area is 104 Å². The fourth-order valence-corrected chi connectivity index (χ4v) is 3.01. The molecule has 0 spiro atoms. The summed E-state index contributed by atoms with van der Waals surface area (Å²) in [6.45, 7) is 4.52. The van der Waals surface area contributed by atoms with Crippen molar-refractivity contribution in [2.45, 2.75) is 51.6 Å². The number of hydrogen-bond acceptors (Lipinski definition) is 2. The summed E-state index contributed by atoms with van der Waals surface area (Å²) in [7, 11) is 1.92. The molecule has 0 radical (unpaired) electrons. The highest BCUT2D eigenvalue weighted by atomic mass is 16.3. The molecule has 1 aliphatic carbocycles. The molecule has 0 amide bonds. The molecule has 17 heavy (non-hydrogen) atoms. The van der Waals surface area contributed by atoms with E-state index in [1.807, 2.05) is 19.3 Å². The quantitative estimate of drug-likeness (QED) is 0.875. The molecule has 1 N–H and O–H groups in total. The maximum Gasteiger partial charge on any atom is 0.0706 e. The zero-order valence-corrected chi connectivity index (χ0v) is 11.2. The van der Waals surface area contributed by atoms with Crippen LogP contribution in [0.3, 0.4) is 0 Å². The molecule has 3 nitrogen and oxygen atoms in total. The highest BCUT2D eigenvalue weighted by Gasteiger charge is 2.35. The molecule has 1 aromatic heterocycles. The standard InChI is InChI=1S/C14H24N2O/c1-11(2)12-5-4-7-14(17,9-12)10-13-6-8-16(3)15-13/h6,8,11-12,17H,4-5,7,9-10H2,1-3H3. The van der Waals surface area contributed by atoms with Gasteiger partial charge in [0.1, 0.15) is 0 Å². The Morgan fingerprint density at radius 1 is 1.59 bits per heavy atom. The van der Waals surface area contributed by atoms with E-state index in [-0.39, 0.29) is 0 Å². The second-order valence-electron chi connectivity index (χ2n) is 5.98. The molecule has 1 aliphatic rings. The molecular formula is C14H24N2O. The Hall–Kier alpha value is -0.830. The lowest BCUT2D eigenvalue weighted by atomic mass is 9.72. The van der Waals surface area contributed by atoms with Gasteiger partial charge in [-0.1, -0.05) is 20.3 Å². The van der Waals surface area contributed by atoms with E-state index in [0.29, 0.717) is 18.3 Å². The van der Waals surface area contributed by atoms with Crippen molar-refractivity contribution in [2.24, 2.45) is 18.9 Å². The molecule has 1 fully saturated rings. The molecule has 0 bridgehead atoms. The monoisotopic (exact) mass is 236 g/mol. The Morgan fingerprint density at radius 2 is 2.35 bits per heavy atom. The molecule has 1 saturated carbocycles. The zero-order valence-electron chi connectivity index (χ0n) is 11.2. The molecule has 2 atom stereocenters. The first-order chi connectivity index (χ1) is 7.98. The van der Waals surface area contributed by atoms with Gasteiger partial charge in [0.15, 0.2) is 0 Å². The smallest absolute Gasteiger partial charge is 0.0706 e. The van der Waals surface area contributed by atoms with E-state index in [0.717, 1.165) is 25.0 Å². The first-order valence-corrected chi connectivity index (χ1v) is 6.69. The highest BCUT2D eigenvalue weighted by Crippen LogP contribution is 2.37. The first-order valence-electron chi connectivity index (χ1n) is 6.69. The van der Waals surface area contributed by atoms with Gasteiger partial charge in [-0.05, 0) is 37.2 Å². The van der Waals surface area contributed by atoms with Crippen LogP contribution in [0, 0.1) is 11.8 Å². The van der Waals surface area contributed by atoms with Crippen molar-refractivity contribution >= 4 is 0 Å². The van der Waals surface area contributed by atoms with Crippen LogP contribution >= 0.6 is 0 Å². The number of aryl methyl sites for hydroxylation is 1. The van der Waals surface area contributed by atoms with E-state index in [1.54, 1.807) is 4.68 Å². The van der Waals surface area contributed by atoms with Gasteiger partial charge in [-0.25, -0.2) is 0 Å². The predicted molar refractivity (Wildman–Crippen MR) is 68.7 cm³/mol. The SMILES string of the molecule is CC(C)C1CCCC(O)(Cc2ccn(C)n2)C1. The Balaban J connectivity index is 2.03. The fraction of sp³-hybridized carbons (Fsp3) is 0.786. The summed E-state index contributed by atoms with van der Waals surface area (Å²) in [5.74, 6) is 1.34. The molecule has 0 aliphatic heterocycles. The van der Waals surface area contributed by atoms with Gasteiger partial charge in [-0.15, -0.1) is 0 Å². The van der Waals surface area contributed by atoms with E-state index in [4.69, 9.17) is 0 Å². The molecule has 3 heteroatoms. The molecule has 96 valence electrons. The predicted octanol–water partition coefficient (Wildman–Crippen LogP) is 2.54. The molecule has 0 aromatic carbocycles. The van der Waals surface area contributed by atoms with E-state index in [1.165, 1.54) is 6.42 Å². The topological polar surface area (TPSA) is 38.0 Å². The summed E-state index contributed by atoms with van der Waals surface area (Å²) >= 11 is 0. The Kier molecular flexibility index (Phi) is 3.57. The number of nitrogens with zero attached hydrogens (tertiary/aromatic N) is 2. The summed E-state index contributed by atoms with van der Waals surface area (Å²) in [6, 6.07) is 2.01. The van der Waals surface area contributed by atoms with Crippen LogP contribution in [-0.4, -0.2) is 20.5 Å². The largest absolute Gasteiger partial charge is 0.389 e. The van der Waals surface area contributed by atoms with Crippen molar-refractivity contribution in [3.05, 3.63) is 18.0 Å². The van der Waals surface area contributed by atoms with Gasteiger partial charge >= 0.3 is 0 Å². The second kappa shape index (κ2) is 4.81. The van der Waals surface area contributed by atoms with E-state index < -0.39 is 5.60 Å². The van der Waals surface area contributed by atoms with Crippen molar-refractivity contribution in [3.63, 3.8) is 0 Å². The van der Waals surface area contributed by atoms with Crippen LogP contribution < -0.4 is 0 Å². The number of aromatic nitrogens is 2. The van der Waals surface area contributed by atoms with Gasteiger partial charge < -0.3 is 5.11 Å². The summed E-state index contributed by atoms with van der Waals surface area (Å²) in [5.41, 5.74) is 0.487. The summed E-state index contributed by atoms with van der Waals surface area (Å²) < 4.78 is 1.81. The lowest BCUT2D eigenvalue weighted by Gasteiger charge is -2.38. The summed E-state index contributed by atoms with van der Waals surface area (Å²) in [6.07, 6.45) is 6.92. The maximum atomic E-state index is 10.7. The third kappa shape index (κ3) is 3.09. The lowest BCUT2D eigenvalue weighted by Crippen LogP contribution is -2.38. The van der Waals surface area contributed by atoms with Gasteiger partial charge in [0.05, 0.1) is 11.3 Å². The number of hydrogen-bond donors (Lipinski definition) is 1. The summed E-state index contributed by atoms with van der Waals surface area (Å²) in [4.78, 5) is 0. The average molecular weight is 236 g/mol. The van der Waals surface area contributed by atoms with E-state index in [9.17, 15) is 5.11 Å². The van der Waals surface area contributed by atoms with Crippen molar-refractivity contribution in [1.29, 1.82) is 0 Å². The lowest BCUT2D eigenvalue weighted by molar-refractivity contribution is -0.0247. The minimum Gasteiger partial charge on any atom is -0.389 e. The van der Waals surface area contributed by atoms with Crippen LogP contribution in [0.25, 0.3) is 0 Å². The van der Waals surface area contributed by atoms with Crippen LogP contribution in [0.15, 0.2) is 12.3 Å². The van der Waals surface area contributed by atoms with Crippen LogP contribution in [0.1, 0.15) is 45.2 Å². The second-order valence-corrected chi connectivity index (χ2v) is 5.98. The third-order valence-corrected chi connectivity index (χ3v) is 4.08. The molecule has 2 rings (SSSR count). The Morgan fingerprint density at radius 3 is 2.94 bits per heavy atom. The van der Waals surface area contributed by atoms with Crippen molar-refractivity contribution in [1.82, 2.24) is 9.78 Å². The van der Waals surface area contributed by atoms with Crippen molar-refractivity contribution in [3.8, 4) is 0 Å². The number of rotatable bonds is 3. The number of aliphatic hydroxyl groups is 1. The van der Waals surface area contributed by atoms with Gasteiger partial charge in [0, 0.05) is 19.7 Å². The minimum absolute atomic E-state index is 0.526. The fourth-order valence-electron chi connectivity index (χ4n) is 3.01. The van der Waals surface area contributed by atoms with Crippen molar-refractivity contribution in [2.75, 3.05) is 0 Å².